The molecule has 102 valence electrons. The first kappa shape index (κ1) is 17.0. The topological polar surface area (TPSA) is 50.9 Å². The lowest BCUT2D eigenvalue weighted by molar-refractivity contribution is 0.192. The van der Waals surface area contributed by atoms with Gasteiger partial charge in [0.15, 0.2) is 5.96 Å². The quantitative estimate of drug-likeness (QED) is 0.344. The molecule has 0 aromatic carbocycles. The van der Waals surface area contributed by atoms with Gasteiger partial charge in [-0.2, -0.15) is 0 Å². The van der Waals surface area contributed by atoms with Crippen LogP contribution in [0.3, 0.4) is 0 Å². The number of ether oxygens (including phenoxy) is 1. The summed E-state index contributed by atoms with van der Waals surface area (Å²) in [5.74, 6) is 0.742. The summed E-state index contributed by atoms with van der Waals surface area (Å²) in [6.45, 7) is 3.87. The molecule has 1 heterocycles. The second-order valence-electron chi connectivity index (χ2n) is 4.34. The van der Waals surface area contributed by atoms with Crippen LogP contribution >= 0.6 is 24.0 Å². The monoisotopic (exact) mass is 355 g/mol. The van der Waals surface area contributed by atoms with Crippen LogP contribution in [0.2, 0.25) is 0 Å². The van der Waals surface area contributed by atoms with E-state index in [1.807, 2.05) is 0 Å². The minimum Gasteiger partial charge on any atom is -0.385 e. The molecule has 0 aromatic rings. The number of aliphatic imine (C=N–C) groups is 1. The summed E-state index contributed by atoms with van der Waals surface area (Å²) in [4.78, 5) is 6.63. The average molecular weight is 355 g/mol. The molecular formula is C12H26IN3O. The van der Waals surface area contributed by atoms with Gasteiger partial charge in [0.05, 0.1) is 0 Å². The molecule has 0 spiro atoms. The molecule has 0 saturated carbocycles. The van der Waals surface area contributed by atoms with Crippen LogP contribution in [0.4, 0.5) is 0 Å². The molecule has 0 unspecified atom stereocenters. The standard InChI is InChI=1S/C12H25N3O.HI/c1-16-11-7-2-4-8-14-12(13)15-9-5-3-6-10-15;/h2-11H2,1H3,(H2,13,14);1H. The maximum atomic E-state index is 5.94. The van der Waals surface area contributed by atoms with Crippen molar-refractivity contribution in [3.63, 3.8) is 0 Å². The lowest BCUT2D eigenvalue weighted by atomic mass is 10.1. The van der Waals surface area contributed by atoms with E-state index in [9.17, 15) is 0 Å². The number of methoxy groups -OCH3 is 1. The molecule has 1 saturated heterocycles. The molecule has 1 fully saturated rings. The second-order valence-corrected chi connectivity index (χ2v) is 4.34. The maximum absolute atomic E-state index is 5.94. The van der Waals surface area contributed by atoms with E-state index in [1.54, 1.807) is 7.11 Å². The summed E-state index contributed by atoms with van der Waals surface area (Å²) in [5.41, 5.74) is 5.94. The fourth-order valence-electron chi connectivity index (χ4n) is 1.95. The van der Waals surface area contributed by atoms with Gasteiger partial charge >= 0.3 is 0 Å². The number of guanidine groups is 1. The lowest BCUT2D eigenvalue weighted by Gasteiger charge is -2.27. The van der Waals surface area contributed by atoms with Gasteiger partial charge in [-0.25, -0.2) is 0 Å². The molecule has 5 heteroatoms. The van der Waals surface area contributed by atoms with Gasteiger partial charge < -0.3 is 15.4 Å². The second kappa shape index (κ2) is 11.1. The van der Waals surface area contributed by atoms with Gasteiger partial charge in [-0.05, 0) is 38.5 Å². The van der Waals surface area contributed by atoms with E-state index in [0.29, 0.717) is 0 Å². The van der Waals surface area contributed by atoms with Crippen LogP contribution in [-0.4, -0.2) is 44.2 Å². The third-order valence-electron chi connectivity index (χ3n) is 2.96. The third-order valence-corrected chi connectivity index (χ3v) is 2.96. The SMILES string of the molecule is COCCCCCN=C(N)N1CCCCC1.I. The fourth-order valence-corrected chi connectivity index (χ4v) is 1.95. The van der Waals surface area contributed by atoms with Crippen LogP contribution in [0.25, 0.3) is 0 Å². The Morgan fingerprint density at radius 1 is 1.18 bits per heavy atom. The van der Waals surface area contributed by atoms with Crippen molar-refractivity contribution in [1.29, 1.82) is 0 Å². The fraction of sp³-hybridized carbons (Fsp3) is 0.917. The van der Waals surface area contributed by atoms with Crippen molar-refractivity contribution in [2.24, 2.45) is 10.7 Å². The van der Waals surface area contributed by atoms with Crippen molar-refractivity contribution in [2.75, 3.05) is 33.4 Å². The van der Waals surface area contributed by atoms with Gasteiger partial charge in [0.2, 0.25) is 0 Å². The summed E-state index contributed by atoms with van der Waals surface area (Å²) >= 11 is 0. The third kappa shape index (κ3) is 7.81. The molecule has 0 radical (unpaired) electrons. The van der Waals surface area contributed by atoms with Gasteiger partial charge in [0.25, 0.3) is 0 Å². The minimum absolute atomic E-state index is 0. The van der Waals surface area contributed by atoms with E-state index in [0.717, 1.165) is 45.0 Å². The Hall–Kier alpha value is -0.0400. The molecule has 1 rings (SSSR count). The Morgan fingerprint density at radius 3 is 2.53 bits per heavy atom. The Kier molecular flexibility index (Phi) is 11.0. The van der Waals surface area contributed by atoms with Crippen molar-refractivity contribution in [2.45, 2.75) is 38.5 Å². The van der Waals surface area contributed by atoms with Gasteiger partial charge in [-0.15, -0.1) is 24.0 Å². The zero-order valence-electron chi connectivity index (χ0n) is 10.9. The van der Waals surface area contributed by atoms with Crippen molar-refractivity contribution in [3.05, 3.63) is 0 Å². The summed E-state index contributed by atoms with van der Waals surface area (Å²) in [5, 5.41) is 0. The van der Waals surface area contributed by atoms with Crippen LogP contribution in [-0.2, 0) is 4.74 Å². The molecule has 0 atom stereocenters. The van der Waals surface area contributed by atoms with E-state index < -0.39 is 0 Å². The van der Waals surface area contributed by atoms with Crippen LogP contribution in [0.5, 0.6) is 0 Å². The normalized spacial score (nSPS) is 16.8. The Balaban J connectivity index is 0.00000256. The number of nitrogens with two attached hydrogens (primary N) is 1. The highest BCUT2D eigenvalue weighted by atomic mass is 127. The first-order chi connectivity index (χ1) is 7.84. The van der Waals surface area contributed by atoms with Crippen molar-refractivity contribution in [3.8, 4) is 0 Å². The number of unbranched alkanes of at least 4 members (excludes halogenated alkanes) is 2. The highest BCUT2D eigenvalue weighted by Gasteiger charge is 2.11. The van der Waals surface area contributed by atoms with Gasteiger partial charge in [0, 0.05) is 33.4 Å². The maximum Gasteiger partial charge on any atom is 0.191 e. The van der Waals surface area contributed by atoms with Crippen molar-refractivity contribution >= 4 is 29.9 Å². The van der Waals surface area contributed by atoms with Crippen LogP contribution in [0, 0.1) is 0 Å². The smallest absolute Gasteiger partial charge is 0.191 e. The van der Waals surface area contributed by atoms with E-state index >= 15 is 0 Å². The van der Waals surface area contributed by atoms with Crippen molar-refractivity contribution in [1.82, 2.24) is 4.90 Å². The Labute approximate surface area is 122 Å². The molecule has 0 aromatic heterocycles. The molecule has 1 aliphatic rings. The average Bonchev–Trinajstić information content (AvgIpc) is 2.34. The van der Waals surface area contributed by atoms with E-state index in [-0.39, 0.29) is 24.0 Å². The Morgan fingerprint density at radius 2 is 1.88 bits per heavy atom. The number of hydrogen-bond acceptors (Lipinski definition) is 2. The van der Waals surface area contributed by atoms with Gasteiger partial charge in [-0.3, -0.25) is 4.99 Å². The molecule has 0 aliphatic carbocycles. The minimum atomic E-state index is 0. The Bertz CT molecular complexity index is 206. The van der Waals surface area contributed by atoms with Crippen molar-refractivity contribution < 1.29 is 4.74 Å². The predicted molar refractivity (Wildman–Crippen MR) is 83.1 cm³/mol. The summed E-state index contributed by atoms with van der Waals surface area (Å²) in [6, 6.07) is 0. The summed E-state index contributed by atoms with van der Waals surface area (Å²) < 4.78 is 5.00. The zero-order chi connectivity index (χ0) is 11.6. The summed E-state index contributed by atoms with van der Waals surface area (Å²) in [6.07, 6.45) is 7.24. The van der Waals surface area contributed by atoms with Gasteiger partial charge in [-0.1, -0.05) is 0 Å². The van der Waals surface area contributed by atoms with Gasteiger partial charge in [0.1, 0.15) is 0 Å². The predicted octanol–water partition coefficient (Wildman–Crippen LogP) is 2.22. The van der Waals surface area contributed by atoms with E-state index in [2.05, 4.69) is 9.89 Å². The van der Waals surface area contributed by atoms with E-state index in [1.165, 1.54) is 25.7 Å². The number of hydrogen-bond donors (Lipinski definition) is 1. The molecule has 0 bridgehead atoms. The number of piperidine rings is 1. The van der Waals surface area contributed by atoms with Crippen LogP contribution < -0.4 is 5.73 Å². The molecule has 1 aliphatic heterocycles. The molecule has 2 N–H and O–H groups in total. The highest BCUT2D eigenvalue weighted by molar-refractivity contribution is 14.0. The molecule has 4 nitrogen and oxygen atoms in total. The molecule has 17 heavy (non-hydrogen) atoms. The van der Waals surface area contributed by atoms with E-state index in [4.69, 9.17) is 10.5 Å². The zero-order valence-corrected chi connectivity index (χ0v) is 13.2. The largest absolute Gasteiger partial charge is 0.385 e. The lowest BCUT2D eigenvalue weighted by Crippen LogP contribution is -2.40. The number of likely N-dealkylation sites (tertiary alicyclic amines) is 1. The number of rotatable bonds is 6. The van der Waals surface area contributed by atoms with Crippen LogP contribution in [0.1, 0.15) is 38.5 Å². The first-order valence-corrected chi connectivity index (χ1v) is 6.38. The molecular weight excluding hydrogens is 329 g/mol. The molecule has 0 amide bonds. The highest BCUT2D eigenvalue weighted by Crippen LogP contribution is 2.08. The summed E-state index contributed by atoms with van der Waals surface area (Å²) in [7, 11) is 1.74. The number of halogens is 1. The number of nitrogens with zero attached hydrogens (tertiary/aromatic N) is 2. The van der Waals surface area contributed by atoms with Crippen LogP contribution in [0.15, 0.2) is 4.99 Å². The first-order valence-electron chi connectivity index (χ1n) is 6.38.